The summed E-state index contributed by atoms with van der Waals surface area (Å²) in [6.45, 7) is 2.22. The Morgan fingerprint density at radius 2 is 2.22 bits per heavy atom. The van der Waals surface area contributed by atoms with Crippen molar-refractivity contribution in [2.45, 2.75) is 19.4 Å². The minimum Gasteiger partial charge on any atom is -0.356 e. The number of aromatic nitrogens is 1. The van der Waals surface area contributed by atoms with Crippen LogP contribution in [-0.2, 0) is 6.42 Å². The van der Waals surface area contributed by atoms with E-state index in [-0.39, 0.29) is 0 Å². The average Bonchev–Trinajstić information content (AvgIpc) is 2.81. The second-order valence-electron chi connectivity index (χ2n) is 4.20. The molecule has 2 aromatic rings. The molecule has 2 rings (SSSR count). The number of rotatable bonds is 4. The molecule has 0 aliphatic rings. The maximum atomic E-state index is 4.46. The standard InChI is InChI=1S/C13H14Br2N2S/c1-9(6-11-4-3-5-18-11)17(2)13-12(15)7-10(14)8-16-13/h3-5,7-9H,6H2,1-2H3. The molecule has 0 aliphatic carbocycles. The van der Waals surface area contributed by atoms with Gasteiger partial charge in [-0.25, -0.2) is 4.98 Å². The first-order valence-corrected chi connectivity index (χ1v) is 8.10. The van der Waals surface area contributed by atoms with Gasteiger partial charge in [-0.3, -0.25) is 0 Å². The number of thiophene rings is 1. The number of halogens is 2. The molecule has 0 bridgehead atoms. The zero-order valence-corrected chi connectivity index (χ0v) is 14.2. The fourth-order valence-corrected chi connectivity index (χ4v) is 3.83. The van der Waals surface area contributed by atoms with Crippen LogP contribution in [0.2, 0.25) is 0 Å². The second kappa shape index (κ2) is 6.17. The van der Waals surface area contributed by atoms with Crippen LogP contribution in [0.4, 0.5) is 5.82 Å². The molecule has 2 aromatic heterocycles. The average molecular weight is 390 g/mol. The minimum absolute atomic E-state index is 0.411. The number of hydrogen-bond donors (Lipinski definition) is 0. The first kappa shape index (κ1) is 14.0. The zero-order valence-electron chi connectivity index (χ0n) is 10.2. The minimum atomic E-state index is 0.411. The Balaban J connectivity index is 2.12. The van der Waals surface area contributed by atoms with Gasteiger partial charge < -0.3 is 4.90 Å². The molecule has 0 aromatic carbocycles. The monoisotopic (exact) mass is 388 g/mol. The van der Waals surface area contributed by atoms with E-state index in [0.29, 0.717) is 6.04 Å². The predicted octanol–water partition coefficient (Wildman–Crippen LogP) is 4.74. The fraction of sp³-hybridized carbons (Fsp3) is 0.308. The number of nitrogens with zero attached hydrogens (tertiary/aromatic N) is 2. The molecular weight excluding hydrogens is 376 g/mol. The summed E-state index contributed by atoms with van der Waals surface area (Å²) in [6.07, 6.45) is 2.87. The van der Waals surface area contributed by atoms with Crippen molar-refractivity contribution in [1.29, 1.82) is 0 Å². The van der Waals surface area contributed by atoms with Gasteiger partial charge in [0.2, 0.25) is 0 Å². The van der Waals surface area contributed by atoms with E-state index >= 15 is 0 Å². The largest absolute Gasteiger partial charge is 0.356 e. The fourth-order valence-electron chi connectivity index (χ4n) is 1.73. The first-order valence-electron chi connectivity index (χ1n) is 5.64. The molecule has 18 heavy (non-hydrogen) atoms. The Morgan fingerprint density at radius 1 is 1.44 bits per heavy atom. The summed E-state index contributed by atoms with van der Waals surface area (Å²) in [5.41, 5.74) is 0. The van der Waals surface area contributed by atoms with Crippen molar-refractivity contribution in [3.05, 3.63) is 43.6 Å². The topological polar surface area (TPSA) is 16.1 Å². The summed E-state index contributed by atoms with van der Waals surface area (Å²) in [4.78, 5) is 8.07. The highest BCUT2D eigenvalue weighted by molar-refractivity contribution is 9.11. The van der Waals surface area contributed by atoms with E-state index < -0.39 is 0 Å². The summed E-state index contributed by atoms with van der Waals surface area (Å²) in [5, 5.41) is 2.12. The smallest absolute Gasteiger partial charge is 0.142 e. The van der Waals surface area contributed by atoms with Crippen LogP contribution in [0.3, 0.4) is 0 Å². The Kier molecular flexibility index (Phi) is 4.81. The molecule has 5 heteroatoms. The lowest BCUT2D eigenvalue weighted by Gasteiger charge is -2.26. The van der Waals surface area contributed by atoms with Crippen molar-refractivity contribution in [3.8, 4) is 0 Å². The van der Waals surface area contributed by atoms with E-state index in [4.69, 9.17) is 0 Å². The van der Waals surface area contributed by atoms with Gasteiger partial charge in [-0.15, -0.1) is 11.3 Å². The van der Waals surface area contributed by atoms with Crippen molar-refractivity contribution in [2.75, 3.05) is 11.9 Å². The van der Waals surface area contributed by atoms with Gasteiger partial charge in [-0.2, -0.15) is 0 Å². The van der Waals surface area contributed by atoms with Crippen molar-refractivity contribution >= 4 is 49.0 Å². The third-order valence-corrected chi connectivity index (χ3v) is 4.78. The van der Waals surface area contributed by atoms with Crippen LogP contribution in [0.5, 0.6) is 0 Å². The molecule has 1 unspecified atom stereocenters. The van der Waals surface area contributed by atoms with Crippen LogP contribution in [0.1, 0.15) is 11.8 Å². The van der Waals surface area contributed by atoms with E-state index in [1.54, 1.807) is 11.3 Å². The van der Waals surface area contributed by atoms with E-state index in [1.165, 1.54) is 4.88 Å². The highest BCUT2D eigenvalue weighted by atomic mass is 79.9. The summed E-state index contributed by atoms with van der Waals surface area (Å²) >= 11 is 8.79. The lowest BCUT2D eigenvalue weighted by Crippen LogP contribution is -2.31. The van der Waals surface area contributed by atoms with Crippen LogP contribution in [0, 0.1) is 0 Å². The maximum absolute atomic E-state index is 4.46. The van der Waals surface area contributed by atoms with Gasteiger partial charge in [0.05, 0.1) is 4.47 Å². The Labute approximate surface area is 128 Å². The van der Waals surface area contributed by atoms with Gasteiger partial charge in [0, 0.05) is 35.1 Å². The molecule has 0 N–H and O–H groups in total. The van der Waals surface area contributed by atoms with E-state index in [9.17, 15) is 0 Å². The lowest BCUT2D eigenvalue weighted by atomic mass is 10.2. The van der Waals surface area contributed by atoms with Crippen molar-refractivity contribution < 1.29 is 0 Å². The van der Waals surface area contributed by atoms with Gasteiger partial charge in [-0.05, 0) is 56.3 Å². The Hall–Kier alpha value is -0.390. The molecule has 0 fully saturated rings. The van der Waals surface area contributed by atoms with Gasteiger partial charge in [0.1, 0.15) is 5.82 Å². The predicted molar refractivity (Wildman–Crippen MR) is 85.5 cm³/mol. The SMILES string of the molecule is CC(Cc1cccs1)N(C)c1ncc(Br)cc1Br. The molecule has 1 atom stereocenters. The lowest BCUT2D eigenvalue weighted by molar-refractivity contribution is 0.679. The normalized spacial score (nSPS) is 12.4. The highest BCUT2D eigenvalue weighted by Gasteiger charge is 2.15. The second-order valence-corrected chi connectivity index (χ2v) is 7.00. The Bertz CT molecular complexity index is 514. The number of hydrogen-bond acceptors (Lipinski definition) is 3. The zero-order chi connectivity index (χ0) is 13.1. The molecule has 0 saturated carbocycles. The summed E-state index contributed by atoms with van der Waals surface area (Å²) in [5.74, 6) is 0.974. The van der Waals surface area contributed by atoms with Crippen LogP contribution < -0.4 is 4.90 Å². The molecule has 0 radical (unpaired) electrons. The molecule has 2 nitrogen and oxygen atoms in total. The molecule has 2 heterocycles. The number of likely N-dealkylation sites (N-methyl/N-ethyl adjacent to an activating group) is 1. The molecule has 96 valence electrons. The number of anilines is 1. The first-order chi connectivity index (χ1) is 8.58. The number of pyridine rings is 1. The van der Waals surface area contributed by atoms with Crippen molar-refractivity contribution in [1.82, 2.24) is 4.98 Å². The van der Waals surface area contributed by atoms with Crippen LogP contribution in [0.25, 0.3) is 0 Å². The third-order valence-electron chi connectivity index (χ3n) is 2.86. The Morgan fingerprint density at radius 3 is 2.83 bits per heavy atom. The highest BCUT2D eigenvalue weighted by Crippen LogP contribution is 2.28. The van der Waals surface area contributed by atoms with E-state index in [1.807, 2.05) is 12.3 Å². The van der Waals surface area contributed by atoms with Gasteiger partial charge in [-0.1, -0.05) is 6.07 Å². The van der Waals surface area contributed by atoms with Crippen LogP contribution in [-0.4, -0.2) is 18.1 Å². The quantitative estimate of drug-likeness (QED) is 0.750. The summed E-state index contributed by atoms with van der Waals surface area (Å²) < 4.78 is 2.00. The van der Waals surface area contributed by atoms with Gasteiger partial charge in [0.25, 0.3) is 0 Å². The maximum Gasteiger partial charge on any atom is 0.142 e. The van der Waals surface area contributed by atoms with Crippen molar-refractivity contribution in [2.24, 2.45) is 0 Å². The van der Waals surface area contributed by atoms with Gasteiger partial charge in [0.15, 0.2) is 0 Å². The molecule has 0 aliphatic heterocycles. The van der Waals surface area contributed by atoms with E-state index in [2.05, 4.69) is 73.2 Å². The van der Waals surface area contributed by atoms with Gasteiger partial charge >= 0.3 is 0 Å². The van der Waals surface area contributed by atoms with Crippen molar-refractivity contribution in [3.63, 3.8) is 0 Å². The third kappa shape index (κ3) is 3.33. The van der Waals surface area contributed by atoms with E-state index in [0.717, 1.165) is 21.2 Å². The molecule has 0 amide bonds. The molecule has 0 spiro atoms. The van der Waals surface area contributed by atoms with Crippen LogP contribution in [0.15, 0.2) is 38.7 Å². The summed E-state index contributed by atoms with van der Waals surface area (Å²) in [7, 11) is 2.08. The summed E-state index contributed by atoms with van der Waals surface area (Å²) in [6, 6.07) is 6.71. The van der Waals surface area contributed by atoms with Crippen LogP contribution >= 0.6 is 43.2 Å². The molecule has 0 saturated heterocycles. The molecular formula is C13H14Br2N2S.